The number of benzene rings is 2. The van der Waals surface area contributed by atoms with Crippen LogP contribution in [0, 0.1) is 10.1 Å². The van der Waals surface area contributed by atoms with E-state index in [0.717, 1.165) is 0 Å². The molecule has 0 amide bonds. The first-order chi connectivity index (χ1) is 15.7. The smallest absolute Gasteiger partial charge is 0.321 e. The molecule has 3 rings (SSSR count). The molecule has 0 aliphatic rings. The second kappa shape index (κ2) is 10.1. The highest BCUT2D eigenvalue weighted by Gasteiger charge is 2.17. The van der Waals surface area contributed by atoms with Gasteiger partial charge >= 0.3 is 6.01 Å². The van der Waals surface area contributed by atoms with Gasteiger partial charge in [-0.15, -0.1) is 0 Å². The van der Waals surface area contributed by atoms with Crippen LogP contribution in [-0.2, 0) is 10.0 Å². The number of nitrogens with one attached hydrogen (secondary N) is 3. The summed E-state index contributed by atoms with van der Waals surface area (Å²) in [5.41, 5.74) is 1.04. The molecule has 172 valence electrons. The van der Waals surface area contributed by atoms with E-state index in [1.54, 1.807) is 0 Å². The molecule has 0 aliphatic carbocycles. The minimum Gasteiger partial charge on any atom is -0.481 e. The SMILES string of the molecule is COc1cc(NS(=O)(=O)c2ccc(NC(=S)Nc3ccc([N+](=O)[O-])cc3)cc2)nc(OC)n1. The second-order valence-electron chi connectivity index (χ2n) is 6.30. The lowest BCUT2D eigenvalue weighted by molar-refractivity contribution is -0.384. The second-order valence-corrected chi connectivity index (χ2v) is 8.39. The van der Waals surface area contributed by atoms with Gasteiger partial charge < -0.3 is 20.1 Å². The zero-order valence-electron chi connectivity index (χ0n) is 17.3. The number of nitro benzene ring substituents is 1. The average Bonchev–Trinajstić information content (AvgIpc) is 2.79. The fraction of sp³-hybridized carbons (Fsp3) is 0.105. The first-order valence-electron chi connectivity index (χ1n) is 9.12. The number of hydrogen-bond donors (Lipinski definition) is 3. The van der Waals surface area contributed by atoms with Crippen LogP contribution in [0.4, 0.5) is 22.9 Å². The highest BCUT2D eigenvalue weighted by Crippen LogP contribution is 2.22. The largest absolute Gasteiger partial charge is 0.481 e. The third-order valence-electron chi connectivity index (χ3n) is 4.07. The molecule has 1 aromatic heterocycles. The van der Waals surface area contributed by atoms with E-state index in [2.05, 4.69) is 25.3 Å². The summed E-state index contributed by atoms with van der Waals surface area (Å²) in [7, 11) is -1.22. The molecule has 14 heteroatoms. The number of sulfonamides is 1. The fourth-order valence-electron chi connectivity index (χ4n) is 2.53. The predicted octanol–water partition coefficient (Wildman–Crippen LogP) is 3.01. The standard InChI is InChI=1S/C19H18N6O6S2/c1-30-17-11-16(22-18(23-17)31-2)24-33(28,29)15-9-5-13(6-10-15)21-19(32)20-12-3-7-14(8-4-12)25(26)27/h3-11H,1-2H3,(H2,20,21,32)(H,22,23,24). The molecule has 0 radical (unpaired) electrons. The third kappa shape index (κ3) is 6.24. The monoisotopic (exact) mass is 490 g/mol. The lowest BCUT2D eigenvalue weighted by Crippen LogP contribution is -2.19. The normalized spacial score (nSPS) is 10.7. The van der Waals surface area contributed by atoms with E-state index in [0.29, 0.717) is 11.4 Å². The van der Waals surface area contributed by atoms with E-state index in [4.69, 9.17) is 21.7 Å². The van der Waals surface area contributed by atoms with Gasteiger partial charge in [0.1, 0.15) is 0 Å². The number of anilines is 3. The molecule has 0 fully saturated rings. The van der Waals surface area contributed by atoms with Crippen LogP contribution >= 0.6 is 12.2 Å². The van der Waals surface area contributed by atoms with Crippen molar-refractivity contribution in [3.05, 3.63) is 64.7 Å². The molecule has 12 nitrogen and oxygen atoms in total. The van der Waals surface area contributed by atoms with E-state index >= 15 is 0 Å². The molecule has 0 aliphatic heterocycles. The van der Waals surface area contributed by atoms with E-state index in [1.165, 1.54) is 68.8 Å². The maximum absolute atomic E-state index is 12.7. The Balaban J connectivity index is 1.66. The van der Waals surface area contributed by atoms with Crippen LogP contribution < -0.4 is 24.8 Å². The number of ether oxygens (including phenoxy) is 2. The van der Waals surface area contributed by atoms with Crippen LogP contribution in [0.1, 0.15) is 0 Å². The van der Waals surface area contributed by atoms with Crippen molar-refractivity contribution in [3.8, 4) is 11.9 Å². The van der Waals surface area contributed by atoms with Gasteiger partial charge in [-0.3, -0.25) is 14.8 Å². The molecule has 0 bridgehead atoms. The molecule has 0 saturated carbocycles. The Hall–Kier alpha value is -4.04. The van der Waals surface area contributed by atoms with Crippen LogP contribution in [0.2, 0.25) is 0 Å². The zero-order valence-corrected chi connectivity index (χ0v) is 18.9. The Bertz CT molecular complexity index is 1240. The van der Waals surface area contributed by atoms with Crippen molar-refractivity contribution in [1.29, 1.82) is 0 Å². The number of hydrogen-bond acceptors (Lipinski definition) is 9. The summed E-state index contributed by atoms with van der Waals surface area (Å²) in [5.74, 6) is 0.113. The molecular formula is C19H18N6O6S2. The van der Waals surface area contributed by atoms with Crippen molar-refractivity contribution in [2.45, 2.75) is 4.90 Å². The average molecular weight is 491 g/mol. The van der Waals surface area contributed by atoms with Gasteiger partial charge in [-0.1, -0.05) is 0 Å². The lowest BCUT2D eigenvalue weighted by atomic mass is 10.3. The van der Waals surface area contributed by atoms with E-state index < -0.39 is 14.9 Å². The summed E-state index contributed by atoms with van der Waals surface area (Å²) >= 11 is 5.22. The molecule has 0 spiro atoms. The van der Waals surface area contributed by atoms with Crippen molar-refractivity contribution in [1.82, 2.24) is 9.97 Å². The number of aromatic nitrogens is 2. The number of thiocarbonyl (C=S) groups is 1. The summed E-state index contributed by atoms with van der Waals surface area (Å²) in [6, 6.07) is 12.8. The molecule has 0 saturated heterocycles. The highest BCUT2D eigenvalue weighted by atomic mass is 32.2. The molecule has 3 aromatic rings. The maximum Gasteiger partial charge on any atom is 0.321 e. The molecule has 0 unspecified atom stereocenters. The Morgan fingerprint density at radius 2 is 1.55 bits per heavy atom. The van der Waals surface area contributed by atoms with Gasteiger partial charge in [-0.05, 0) is 48.6 Å². The number of non-ortho nitro benzene ring substituents is 1. The Labute approximate surface area is 194 Å². The summed E-state index contributed by atoms with van der Waals surface area (Å²) in [6.07, 6.45) is 0. The van der Waals surface area contributed by atoms with Crippen LogP contribution in [0.25, 0.3) is 0 Å². The number of rotatable bonds is 8. The summed E-state index contributed by atoms with van der Waals surface area (Å²) < 4.78 is 37.7. The molecule has 2 aromatic carbocycles. The van der Waals surface area contributed by atoms with E-state index in [9.17, 15) is 18.5 Å². The van der Waals surface area contributed by atoms with Gasteiger partial charge in [-0.25, -0.2) is 8.42 Å². The molecule has 33 heavy (non-hydrogen) atoms. The Morgan fingerprint density at radius 3 is 2.06 bits per heavy atom. The van der Waals surface area contributed by atoms with Crippen molar-refractivity contribution in [2.24, 2.45) is 0 Å². The third-order valence-corrected chi connectivity index (χ3v) is 5.65. The molecular weight excluding hydrogens is 472 g/mol. The van der Waals surface area contributed by atoms with Crippen LogP contribution in [-0.4, -0.2) is 42.6 Å². The Morgan fingerprint density at radius 1 is 0.970 bits per heavy atom. The fourth-order valence-corrected chi connectivity index (χ4v) is 3.75. The zero-order chi connectivity index (χ0) is 24.0. The first kappa shape index (κ1) is 23.6. The van der Waals surface area contributed by atoms with Crippen molar-refractivity contribution in [2.75, 3.05) is 29.6 Å². The molecule has 3 N–H and O–H groups in total. The van der Waals surface area contributed by atoms with Gasteiger partial charge in [0.25, 0.3) is 15.7 Å². The molecule has 0 atom stereocenters. The lowest BCUT2D eigenvalue weighted by Gasteiger charge is -2.12. The maximum atomic E-state index is 12.7. The van der Waals surface area contributed by atoms with Crippen molar-refractivity contribution >= 4 is 50.2 Å². The van der Waals surface area contributed by atoms with Crippen molar-refractivity contribution < 1.29 is 22.8 Å². The van der Waals surface area contributed by atoms with Crippen LogP contribution in [0.5, 0.6) is 11.9 Å². The number of methoxy groups -OCH3 is 2. The number of nitro groups is 1. The first-order valence-corrected chi connectivity index (χ1v) is 11.0. The van der Waals surface area contributed by atoms with Gasteiger partial charge in [0, 0.05) is 29.6 Å². The highest BCUT2D eigenvalue weighted by molar-refractivity contribution is 7.92. The van der Waals surface area contributed by atoms with Crippen LogP contribution in [0.15, 0.2) is 59.5 Å². The van der Waals surface area contributed by atoms with Gasteiger partial charge in [0.05, 0.1) is 24.0 Å². The summed E-state index contributed by atoms with van der Waals surface area (Å²) in [6.45, 7) is 0. The topological polar surface area (TPSA) is 158 Å². The predicted molar refractivity (Wildman–Crippen MR) is 125 cm³/mol. The van der Waals surface area contributed by atoms with Crippen molar-refractivity contribution in [3.63, 3.8) is 0 Å². The number of nitrogens with zero attached hydrogens (tertiary/aromatic N) is 3. The van der Waals surface area contributed by atoms with Gasteiger partial charge in [-0.2, -0.15) is 9.97 Å². The van der Waals surface area contributed by atoms with Gasteiger partial charge in [0.15, 0.2) is 10.9 Å². The minimum atomic E-state index is -3.95. The van der Waals surface area contributed by atoms with Gasteiger partial charge in [0.2, 0.25) is 5.88 Å². The van der Waals surface area contributed by atoms with E-state index in [-0.39, 0.29) is 33.4 Å². The minimum absolute atomic E-state index is 0.0150. The quantitative estimate of drug-likeness (QED) is 0.242. The molecule has 1 heterocycles. The van der Waals surface area contributed by atoms with E-state index in [1.807, 2.05) is 0 Å². The Kier molecular flexibility index (Phi) is 7.20. The van der Waals surface area contributed by atoms with Crippen LogP contribution in [0.3, 0.4) is 0 Å². The summed E-state index contributed by atoms with van der Waals surface area (Å²) in [5, 5.41) is 16.7. The summed E-state index contributed by atoms with van der Waals surface area (Å²) in [4.78, 5) is 18.1.